The molecule has 31 heavy (non-hydrogen) atoms. The highest BCUT2D eigenvalue weighted by Gasteiger charge is 2.25. The molecule has 7 heteroatoms. The number of rotatable bonds is 6. The van der Waals surface area contributed by atoms with Crippen LogP contribution < -0.4 is 5.32 Å². The van der Waals surface area contributed by atoms with Gasteiger partial charge in [0.25, 0.3) is 0 Å². The molecule has 0 bridgehead atoms. The second-order valence-corrected chi connectivity index (χ2v) is 9.86. The third kappa shape index (κ3) is 4.81. The van der Waals surface area contributed by atoms with Crippen molar-refractivity contribution in [2.24, 2.45) is 0 Å². The monoisotopic (exact) mass is 448 g/mol. The summed E-state index contributed by atoms with van der Waals surface area (Å²) in [5.74, 6) is 0.594. The van der Waals surface area contributed by atoms with Gasteiger partial charge >= 0.3 is 0 Å². The van der Waals surface area contributed by atoms with Gasteiger partial charge in [0.15, 0.2) is 0 Å². The summed E-state index contributed by atoms with van der Waals surface area (Å²) in [7, 11) is 0. The van der Waals surface area contributed by atoms with Gasteiger partial charge < -0.3 is 5.32 Å². The number of carbonyl (C=O) groups excluding carboxylic acids is 1. The average Bonchev–Trinajstić information content (AvgIpc) is 3.14. The molecule has 1 atom stereocenters. The molecule has 3 aromatic rings. The van der Waals surface area contributed by atoms with Crippen molar-refractivity contribution in [3.63, 3.8) is 0 Å². The molecule has 0 radical (unpaired) electrons. The van der Waals surface area contributed by atoms with Crippen LogP contribution in [0.2, 0.25) is 0 Å². The Kier molecular flexibility index (Phi) is 6.69. The molecule has 0 saturated carbocycles. The summed E-state index contributed by atoms with van der Waals surface area (Å²) in [6.07, 6.45) is 4.84. The average molecular weight is 449 g/mol. The number of thiophene rings is 1. The summed E-state index contributed by atoms with van der Waals surface area (Å²) >= 11 is 3.01. The van der Waals surface area contributed by atoms with Gasteiger partial charge in [-0.1, -0.05) is 49.0 Å². The summed E-state index contributed by atoms with van der Waals surface area (Å²) in [4.78, 5) is 23.4. The van der Waals surface area contributed by atoms with E-state index in [1.807, 2.05) is 50.2 Å². The number of aromatic nitrogens is 2. The zero-order valence-electron chi connectivity index (χ0n) is 17.6. The Morgan fingerprint density at radius 2 is 2.03 bits per heavy atom. The van der Waals surface area contributed by atoms with Crippen LogP contribution in [-0.2, 0) is 17.6 Å². The fourth-order valence-electron chi connectivity index (χ4n) is 3.79. The van der Waals surface area contributed by atoms with E-state index in [0.717, 1.165) is 47.5 Å². The Morgan fingerprint density at radius 3 is 2.77 bits per heavy atom. The van der Waals surface area contributed by atoms with Crippen molar-refractivity contribution in [1.29, 1.82) is 5.26 Å². The van der Waals surface area contributed by atoms with E-state index in [1.54, 1.807) is 11.3 Å². The molecule has 1 unspecified atom stereocenters. The molecule has 1 aromatic carbocycles. The first-order chi connectivity index (χ1) is 15.1. The predicted molar refractivity (Wildman–Crippen MR) is 126 cm³/mol. The quantitative estimate of drug-likeness (QED) is 0.382. The molecule has 1 amide bonds. The van der Waals surface area contributed by atoms with E-state index in [4.69, 9.17) is 0 Å². The van der Waals surface area contributed by atoms with Crippen molar-refractivity contribution in [1.82, 2.24) is 9.97 Å². The smallest absolute Gasteiger partial charge is 0.238 e. The van der Waals surface area contributed by atoms with Crippen LogP contribution in [0, 0.1) is 18.3 Å². The minimum absolute atomic E-state index is 0.0832. The van der Waals surface area contributed by atoms with Crippen molar-refractivity contribution in [3.05, 3.63) is 58.2 Å². The van der Waals surface area contributed by atoms with Gasteiger partial charge in [0.05, 0.1) is 16.5 Å². The van der Waals surface area contributed by atoms with Crippen LogP contribution in [0.4, 0.5) is 5.00 Å². The van der Waals surface area contributed by atoms with Crippen LogP contribution in [0.5, 0.6) is 0 Å². The molecule has 1 aliphatic rings. The van der Waals surface area contributed by atoms with E-state index in [9.17, 15) is 10.1 Å². The molecule has 0 aliphatic heterocycles. The molecule has 1 aliphatic carbocycles. The number of benzene rings is 1. The first-order valence-corrected chi connectivity index (χ1v) is 12.2. The Morgan fingerprint density at radius 1 is 1.26 bits per heavy atom. The van der Waals surface area contributed by atoms with Crippen LogP contribution in [0.3, 0.4) is 0 Å². The largest absolute Gasteiger partial charge is 0.316 e. The fourth-order valence-corrected chi connectivity index (χ4v) is 6.02. The van der Waals surface area contributed by atoms with E-state index in [2.05, 4.69) is 21.4 Å². The third-order valence-electron chi connectivity index (χ3n) is 5.33. The Bertz CT molecular complexity index is 1130. The minimum Gasteiger partial charge on any atom is -0.316 e. The summed E-state index contributed by atoms with van der Waals surface area (Å²) in [6.45, 7) is 3.86. The van der Waals surface area contributed by atoms with Crippen LogP contribution in [0.15, 0.2) is 41.4 Å². The summed E-state index contributed by atoms with van der Waals surface area (Å²) in [6, 6.07) is 14.2. The molecule has 158 valence electrons. The van der Waals surface area contributed by atoms with E-state index in [-0.39, 0.29) is 11.2 Å². The molecule has 4 rings (SSSR count). The van der Waals surface area contributed by atoms with E-state index >= 15 is 0 Å². The zero-order valence-corrected chi connectivity index (χ0v) is 19.3. The van der Waals surface area contributed by atoms with E-state index < -0.39 is 0 Å². The van der Waals surface area contributed by atoms with Crippen LogP contribution in [0.1, 0.15) is 48.0 Å². The van der Waals surface area contributed by atoms with Gasteiger partial charge in [-0.3, -0.25) is 4.79 Å². The fraction of sp³-hybridized carbons (Fsp3) is 0.333. The number of nitrogens with zero attached hydrogens (tertiary/aromatic N) is 3. The molecule has 0 spiro atoms. The number of fused-ring (bicyclic) bond motifs is 1. The van der Waals surface area contributed by atoms with Gasteiger partial charge in [-0.25, -0.2) is 9.97 Å². The lowest BCUT2D eigenvalue weighted by Gasteiger charge is -2.14. The van der Waals surface area contributed by atoms with Gasteiger partial charge in [0, 0.05) is 10.4 Å². The Labute approximate surface area is 190 Å². The van der Waals surface area contributed by atoms with Crippen LogP contribution in [0.25, 0.3) is 11.3 Å². The molecule has 0 fully saturated rings. The first kappa shape index (κ1) is 21.5. The molecule has 5 nitrogen and oxygen atoms in total. The lowest BCUT2D eigenvalue weighted by Crippen LogP contribution is -2.24. The van der Waals surface area contributed by atoms with Crippen molar-refractivity contribution in [3.8, 4) is 17.3 Å². The SMILES string of the molecule is CCC(Sc1cc(-c2ccccc2)nc(C)n1)C(=O)Nc1sc2c(c1C#N)CCCC2. The van der Waals surface area contributed by atoms with Gasteiger partial charge in [0.2, 0.25) is 5.91 Å². The number of anilines is 1. The number of hydrogen-bond acceptors (Lipinski definition) is 6. The highest BCUT2D eigenvalue weighted by Crippen LogP contribution is 2.38. The van der Waals surface area contributed by atoms with Crippen molar-refractivity contribution in [2.75, 3.05) is 5.32 Å². The van der Waals surface area contributed by atoms with Crippen molar-refractivity contribution >= 4 is 34.0 Å². The van der Waals surface area contributed by atoms with Gasteiger partial charge in [-0.2, -0.15) is 5.26 Å². The Hall–Kier alpha value is -2.69. The second kappa shape index (κ2) is 9.63. The number of aryl methyl sites for hydroxylation is 2. The van der Waals surface area contributed by atoms with Gasteiger partial charge in [-0.05, 0) is 50.7 Å². The highest BCUT2D eigenvalue weighted by molar-refractivity contribution is 8.00. The number of hydrogen-bond donors (Lipinski definition) is 1. The van der Waals surface area contributed by atoms with Gasteiger partial charge in [0.1, 0.15) is 21.9 Å². The normalized spacial score (nSPS) is 13.8. The predicted octanol–water partition coefficient (Wildman–Crippen LogP) is 5.77. The second-order valence-electron chi connectivity index (χ2n) is 7.54. The van der Waals surface area contributed by atoms with Crippen molar-refractivity contribution in [2.45, 2.75) is 56.2 Å². The minimum atomic E-state index is -0.302. The summed E-state index contributed by atoms with van der Waals surface area (Å²) in [5, 5.41) is 13.9. The number of nitrogens with one attached hydrogen (secondary N) is 1. The molecule has 2 heterocycles. The van der Waals surface area contributed by atoms with Crippen molar-refractivity contribution < 1.29 is 4.79 Å². The molecule has 0 saturated heterocycles. The van der Waals surface area contributed by atoms with Crippen LogP contribution >= 0.6 is 23.1 Å². The zero-order chi connectivity index (χ0) is 21.8. The lowest BCUT2D eigenvalue weighted by molar-refractivity contribution is -0.115. The third-order valence-corrected chi connectivity index (χ3v) is 7.82. The molecule has 1 N–H and O–H groups in total. The number of nitriles is 1. The lowest BCUT2D eigenvalue weighted by atomic mass is 9.96. The number of thioether (sulfide) groups is 1. The maximum atomic E-state index is 13.1. The molecule has 2 aromatic heterocycles. The van der Waals surface area contributed by atoms with E-state index in [0.29, 0.717) is 22.8 Å². The van der Waals surface area contributed by atoms with Gasteiger partial charge in [-0.15, -0.1) is 11.3 Å². The van der Waals surface area contributed by atoms with Crippen LogP contribution in [-0.4, -0.2) is 21.1 Å². The Balaban J connectivity index is 1.54. The topological polar surface area (TPSA) is 78.7 Å². The molecular formula is C24H24N4OS2. The number of carbonyl (C=O) groups is 1. The number of amides is 1. The highest BCUT2D eigenvalue weighted by atomic mass is 32.2. The molecular weight excluding hydrogens is 424 g/mol. The maximum Gasteiger partial charge on any atom is 0.238 e. The van der Waals surface area contributed by atoms with E-state index in [1.165, 1.54) is 16.6 Å². The maximum absolute atomic E-state index is 13.1. The summed E-state index contributed by atoms with van der Waals surface area (Å²) < 4.78 is 0. The summed E-state index contributed by atoms with van der Waals surface area (Å²) in [5.41, 5.74) is 3.66. The first-order valence-electron chi connectivity index (χ1n) is 10.5. The standard InChI is InChI=1S/C24H24N4OS2/c1-3-20(23(29)28-24-18(14-25)17-11-7-8-12-21(17)31-24)30-22-13-19(26-15(2)27-22)16-9-5-4-6-10-16/h4-6,9-10,13,20H,3,7-8,11-12H2,1-2H3,(H,28,29).